The predicted molar refractivity (Wildman–Crippen MR) is 134 cm³/mol. The Kier molecular flexibility index (Phi) is 7.75. The van der Waals surface area contributed by atoms with Gasteiger partial charge in [-0.25, -0.2) is 8.42 Å². The molecule has 2 atom stereocenters. The number of benzene rings is 2. The number of ether oxygens (including phenoxy) is 2. The Hall–Kier alpha value is -3.24. The summed E-state index contributed by atoms with van der Waals surface area (Å²) in [5, 5.41) is 5.56. The lowest BCUT2D eigenvalue weighted by Gasteiger charge is -2.18. The van der Waals surface area contributed by atoms with Crippen LogP contribution in [0.2, 0.25) is 0 Å². The normalized spacial score (nSPS) is 18.4. The van der Waals surface area contributed by atoms with E-state index in [1.165, 1.54) is 4.31 Å². The van der Waals surface area contributed by atoms with Crippen molar-refractivity contribution in [1.82, 2.24) is 14.1 Å². The minimum absolute atomic E-state index is 0.00161. The fourth-order valence-electron chi connectivity index (χ4n) is 4.61. The first-order valence-electron chi connectivity index (χ1n) is 12.1. The van der Waals surface area contributed by atoms with Crippen molar-refractivity contribution in [3.63, 3.8) is 0 Å². The van der Waals surface area contributed by atoms with Gasteiger partial charge in [0, 0.05) is 18.5 Å². The number of hydrogen-bond acceptors (Lipinski definition) is 7. The molecule has 0 saturated carbocycles. The Bertz CT molecular complexity index is 1350. The van der Waals surface area contributed by atoms with Crippen LogP contribution in [0.1, 0.15) is 38.9 Å². The molecule has 1 fully saturated rings. The number of fused-ring (bicyclic) bond motifs is 1. The topological polar surface area (TPSA) is 108 Å². The molecule has 4 rings (SSSR count). The van der Waals surface area contributed by atoms with Crippen molar-refractivity contribution in [2.75, 3.05) is 26.3 Å². The summed E-state index contributed by atoms with van der Waals surface area (Å²) in [5.41, 5.74) is 1.40. The quantitative estimate of drug-likeness (QED) is 0.302. The van der Waals surface area contributed by atoms with Crippen LogP contribution >= 0.6 is 0 Å². The highest BCUT2D eigenvalue weighted by Gasteiger charge is 2.39. The maximum absolute atomic E-state index is 13.4. The van der Waals surface area contributed by atoms with Crippen LogP contribution in [0.4, 0.5) is 0 Å². The van der Waals surface area contributed by atoms with Gasteiger partial charge < -0.3 is 9.47 Å². The van der Waals surface area contributed by atoms with E-state index in [0.717, 1.165) is 10.9 Å². The molecule has 0 spiro atoms. The average Bonchev–Trinajstić information content (AvgIpc) is 3.40. The maximum Gasteiger partial charge on any atom is 0.313 e. The third-order valence-corrected chi connectivity index (χ3v) is 8.17. The molecule has 1 aliphatic rings. The molecule has 192 valence electrons. The first kappa shape index (κ1) is 25.8. The van der Waals surface area contributed by atoms with E-state index in [1.807, 2.05) is 42.8 Å². The van der Waals surface area contributed by atoms with Crippen LogP contribution in [-0.2, 0) is 30.8 Å². The molecule has 10 heteroatoms. The zero-order valence-electron chi connectivity index (χ0n) is 20.7. The van der Waals surface area contributed by atoms with Crippen molar-refractivity contribution in [1.29, 1.82) is 0 Å². The van der Waals surface area contributed by atoms with Crippen molar-refractivity contribution < 1.29 is 27.5 Å². The first-order chi connectivity index (χ1) is 17.2. The first-order valence-corrected chi connectivity index (χ1v) is 13.5. The van der Waals surface area contributed by atoms with E-state index < -0.39 is 16.0 Å². The second-order valence-corrected chi connectivity index (χ2v) is 10.8. The van der Waals surface area contributed by atoms with Gasteiger partial charge in [-0.05, 0) is 50.1 Å². The summed E-state index contributed by atoms with van der Waals surface area (Å²) in [7, 11) is -3.70. The second-order valence-electron chi connectivity index (χ2n) is 8.88. The van der Waals surface area contributed by atoms with Gasteiger partial charge in [0.25, 0.3) is 0 Å². The third kappa shape index (κ3) is 5.29. The van der Waals surface area contributed by atoms with Gasteiger partial charge in [0.2, 0.25) is 10.0 Å². The largest absolute Gasteiger partial charge is 0.494 e. The fraction of sp³-hybridized carbons (Fsp3) is 0.423. The molecular weight excluding hydrogens is 482 g/mol. The highest BCUT2D eigenvalue weighted by Crippen LogP contribution is 2.34. The van der Waals surface area contributed by atoms with Crippen molar-refractivity contribution in [2.24, 2.45) is 5.92 Å². The number of sulfonamides is 1. The van der Waals surface area contributed by atoms with Crippen LogP contribution < -0.4 is 4.74 Å². The minimum atomic E-state index is -3.70. The van der Waals surface area contributed by atoms with Crippen LogP contribution in [0, 0.1) is 5.92 Å². The maximum atomic E-state index is 13.4. The molecule has 2 heterocycles. The Labute approximate surface area is 211 Å². The summed E-state index contributed by atoms with van der Waals surface area (Å²) >= 11 is 0. The molecule has 1 saturated heterocycles. The second kappa shape index (κ2) is 10.8. The minimum Gasteiger partial charge on any atom is -0.494 e. The molecule has 2 aromatic carbocycles. The van der Waals surface area contributed by atoms with Crippen LogP contribution in [0.5, 0.6) is 5.75 Å². The highest BCUT2D eigenvalue weighted by atomic mass is 32.2. The molecule has 36 heavy (non-hydrogen) atoms. The molecule has 0 radical (unpaired) electrons. The smallest absolute Gasteiger partial charge is 0.313 e. The third-order valence-electron chi connectivity index (χ3n) is 6.33. The number of ketones is 1. The van der Waals surface area contributed by atoms with Gasteiger partial charge in [-0.1, -0.05) is 25.1 Å². The zero-order chi connectivity index (χ0) is 25.9. The van der Waals surface area contributed by atoms with E-state index in [0.29, 0.717) is 24.6 Å². The SMILES string of the molecule is CCOC(=O)CC(=O)Cc1nn([C@H]2CN(S(=O)(=O)c3ccc(OCC)cc3)C[C@H]2C)c2ccccc12. The van der Waals surface area contributed by atoms with Gasteiger partial charge in [-0.3, -0.25) is 14.3 Å². The number of para-hydroxylation sites is 1. The molecule has 0 bridgehead atoms. The van der Waals surface area contributed by atoms with E-state index >= 15 is 0 Å². The molecule has 1 aliphatic heterocycles. The number of carbonyl (C=O) groups excluding carboxylic acids is 2. The Balaban J connectivity index is 1.58. The van der Waals surface area contributed by atoms with E-state index in [1.54, 1.807) is 31.2 Å². The van der Waals surface area contributed by atoms with Crippen LogP contribution in [0.3, 0.4) is 0 Å². The van der Waals surface area contributed by atoms with Gasteiger partial charge in [-0.15, -0.1) is 0 Å². The average molecular weight is 514 g/mol. The number of rotatable bonds is 10. The molecule has 3 aromatic rings. The van der Waals surface area contributed by atoms with Gasteiger partial charge in [0.05, 0.1) is 41.8 Å². The molecular formula is C26H31N3O6S. The van der Waals surface area contributed by atoms with Crippen molar-refractivity contribution in [2.45, 2.75) is 44.6 Å². The summed E-state index contributed by atoms with van der Waals surface area (Å²) < 4.78 is 40.4. The van der Waals surface area contributed by atoms with Crippen molar-refractivity contribution >= 4 is 32.7 Å². The predicted octanol–water partition coefficient (Wildman–Crippen LogP) is 3.38. The summed E-state index contributed by atoms with van der Waals surface area (Å²) in [6.07, 6.45) is -0.301. The lowest BCUT2D eigenvalue weighted by atomic mass is 10.1. The highest BCUT2D eigenvalue weighted by molar-refractivity contribution is 7.89. The number of carbonyl (C=O) groups is 2. The summed E-state index contributed by atoms with van der Waals surface area (Å²) in [4.78, 5) is 24.4. The summed E-state index contributed by atoms with van der Waals surface area (Å²) in [5.74, 6) is -0.208. The van der Waals surface area contributed by atoms with Gasteiger partial charge >= 0.3 is 5.97 Å². The molecule has 0 amide bonds. The molecule has 0 aliphatic carbocycles. The van der Waals surface area contributed by atoms with Crippen molar-refractivity contribution in [3.8, 4) is 5.75 Å². The van der Waals surface area contributed by atoms with E-state index in [4.69, 9.17) is 14.6 Å². The molecule has 9 nitrogen and oxygen atoms in total. The van der Waals surface area contributed by atoms with Gasteiger partial charge in [-0.2, -0.15) is 9.40 Å². The zero-order valence-corrected chi connectivity index (χ0v) is 21.5. The Morgan fingerprint density at radius 3 is 2.44 bits per heavy atom. The number of aromatic nitrogens is 2. The number of esters is 1. The van der Waals surface area contributed by atoms with E-state index in [-0.39, 0.29) is 48.6 Å². The lowest BCUT2D eigenvalue weighted by Crippen LogP contribution is -2.29. The van der Waals surface area contributed by atoms with Gasteiger partial charge in [0.1, 0.15) is 18.0 Å². The van der Waals surface area contributed by atoms with Crippen molar-refractivity contribution in [3.05, 3.63) is 54.2 Å². The number of Topliss-reactive ketones (excluding diaryl/α,β-unsaturated/α-hetero) is 1. The Morgan fingerprint density at radius 1 is 1.03 bits per heavy atom. The number of hydrogen-bond donors (Lipinski definition) is 0. The standard InChI is InChI=1S/C26H31N3O6S/c1-4-34-20-10-12-21(13-11-20)36(32,33)28-16-18(3)25(17-28)29-24-9-7-6-8-22(24)23(27-29)14-19(30)15-26(31)35-5-2/h6-13,18,25H,4-5,14-17H2,1-3H3/t18-,25+/m1/s1. The van der Waals surface area contributed by atoms with Crippen LogP contribution in [0.25, 0.3) is 10.9 Å². The van der Waals surface area contributed by atoms with Crippen LogP contribution in [-0.4, -0.2) is 60.6 Å². The van der Waals surface area contributed by atoms with E-state index in [9.17, 15) is 18.0 Å². The number of nitrogens with zero attached hydrogens (tertiary/aromatic N) is 3. The molecule has 0 N–H and O–H groups in total. The lowest BCUT2D eigenvalue weighted by molar-refractivity contribution is -0.145. The van der Waals surface area contributed by atoms with E-state index in [2.05, 4.69) is 0 Å². The fourth-order valence-corrected chi connectivity index (χ4v) is 6.16. The molecule has 1 aromatic heterocycles. The molecule has 0 unspecified atom stereocenters. The summed E-state index contributed by atoms with van der Waals surface area (Å²) in [6.45, 7) is 6.91. The summed E-state index contributed by atoms with van der Waals surface area (Å²) in [6, 6.07) is 13.8. The monoisotopic (exact) mass is 513 g/mol. The van der Waals surface area contributed by atoms with Gasteiger partial charge in [0.15, 0.2) is 0 Å². The van der Waals surface area contributed by atoms with Crippen LogP contribution in [0.15, 0.2) is 53.4 Å². The Morgan fingerprint density at radius 2 is 1.75 bits per heavy atom.